The smallest absolute Gasteiger partial charge is 0.413 e. The molecule has 1 aliphatic rings. The van der Waals surface area contributed by atoms with E-state index < -0.39 is 12.1 Å². The summed E-state index contributed by atoms with van der Waals surface area (Å²) in [4.78, 5) is 22.2. The van der Waals surface area contributed by atoms with Gasteiger partial charge in [0.15, 0.2) is 0 Å². The first-order chi connectivity index (χ1) is 8.11. The summed E-state index contributed by atoms with van der Waals surface area (Å²) in [7, 11) is 1.32. The van der Waals surface area contributed by atoms with E-state index in [1.54, 1.807) is 24.3 Å². The van der Waals surface area contributed by atoms with Crippen molar-refractivity contribution in [2.45, 2.75) is 6.04 Å². The Morgan fingerprint density at radius 1 is 1.41 bits per heavy atom. The molecule has 0 bridgehead atoms. The Morgan fingerprint density at radius 3 is 2.53 bits per heavy atom. The van der Waals surface area contributed by atoms with E-state index >= 15 is 0 Å². The summed E-state index contributed by atoms with van der Waals surface area (Å²) >= 11 is 0. The van der Waals surface area contributed by atoms with Gasteiger partial charge in [0, 0.05) is 0 Å². The SMILES string of the molecule is C=C1OC(=O)NC1c1ccc(C(=O)OC)cc1. The minimum absolute atomic E-state index is 0.348. The van der Waals surface area contributed by atoms with Gasteiger partial charge >= 0.3 is 12.1 Å². The Balaban J connectivity index is 2.21. The molecule has 1 aromatic rings. The lowest BCUT2D eigenvalue weighted by Gasteiger charge is -2.09. The third kappa shape index (κ3) is 2.13. The van der Waals surface area contributed by atoms with Gasteiger partial charge in [0.2, 0.25) is 0 Å². The van der Waals surface area contributed by atoms with Gasteiger partial charge in [-0.3, -0.25) is 0 Å². The highest BCUT2D eigenvalue weighted by molar-refractivity contribution is 5.89. The zero-order valence-electron chi connectivity index (χ0n) is 9.23. The Kier molecular flexibility index (Phi) is 2.82. The highest BCUT2D eigenvalue weighted by atomic mass is 16.6. The van der Waals surface area contributed by atoms with Gasteiger partial charge < -0.3 is 14.8 Å². The minimum atomic E-state index is -0.517. The summed E-state index contributed by atoms with van der Waals surface area (Å²) in [5.41, 5.74) is 1.25. The van der Waals surface area contributed by atoms with Gasteiger partial charge in [0.25, 0.3) is 0 Å². The number of carbonyl (C=O) groups is 2. The summed E-state index contributed by atoms with van der Waals surface area (Å²) in [5, 5.41) is 2.61. The molecule has 1 N–H and O–H groups in total. The molecule has 17 heavy (non-hydrogen) atoms. The quantitative estimate of drug-likeness (QED) is 0.790. The molecule has 0 aromatic heterocycles. The topological polar surface area (TPSA) is 64.6 Å². The Hall–Kier alpha value is -2.30. The van der Waals surface area contributed by atoms with Crippen LogP contribution >= 0.6 is 0 Å². The van der Waals surface area contributed by atoms with Crippen LogP contribution in [0, 0.1) is 0 Å². The van der Waals surface area contributed by atoms with Crippen LogP contribution in [-0.2, 0) is 9.47 Å². The molecule has 0 radical (unpaired) electrons. The minimum Gasteiger partial charge on any atom is -0.465 e. The molecule has 0 aliphatic carbocycles. The lowest BCUT2D eigenvalue weighted by atomic mass is 10.0. The van der Waals surface area contributed by atoms with E-state index in [2.05, 4.69) is 16.6 Å². The summed E-state index contributed by atoms with van der Waals surface area (Å²) < 4.78 is 9.38. The van der Waals surface area contributed by atoms with E-state index in [9.17, 15) is 9.59 Å². The van der Waals surface area contributed by atoms with Crippen LogP contribution in [0.2, 0.25) is 0 Å². The number of hydrogen-bond donors (Lipinski definition) is 1. The number of amides is 1. The second-order valence-electron chi connectivity index (χ2n) is 3.55. The number of cyclic esters (lactones) is 1. The van der Waals surface area contributed by atoms with E-state index in [1.165, 1.54) is 7.11 Å². The van der Waals surface area contributed by atoms with Crippen LogP contribution in [-0.4, -0.2) is 19.2 Å². The second kappa shape index (κ2) is 4.29. The van der Waals surface area contributed by atoms with Crippen LogP contribution in [0.1, 0.15) is 22.0 Å². The molecule has 1 amide bonds. The number of alkyl carbamates (subject to hydrolysis) is 1. The van der Waals surface area contributed by atoms with Crippen molar-refractivity contribution < 1.29 is 19.1 Å². The number of methoxy groups -OCH3 is 1. The second-order valence-corrected chi connectivity index (χ2v) is 3.55. The first-order valence-corrected chi connectivity index (χ1v) is 4.97. The lowest BCUT2D eigenvalue weighted by molar-refractivity contribution is 0.0600. The first kappa shape index (κ1) is 11.2. The maximum atomic E-state index is 11.2. The molecular weight excluding hydrogens is 222 g/mol. The summed E-state index contributed by atoms with van der Waals surface area (Å²) in [5.74, 6) is -0.0529. The van der Waals surface area contributed by atoms with E-state index in [-0.39, 0.29) is 6.04 Å². The summed E-state index contributed by atoms with van der Waals surface area (Å²) in [6, 6.07) is 6.32. The van der Waals surface area contributed by atoms with Crippen LogP contribution in [0.4, 0.5) is 4.79 Å². The molecule has 88 valence electrons. The third-order valence-corrected chi connectivity index (χ3v) is 2.47. The molecule has 1 unspecified atom stereocenters. The highest BCUT2D eigenvalue weighted by Gasteiger charge is 2.28. The standard InChI is InChI=1S/C12H11NO4/c1-7-10(13-12(15)17-7)8-3-5-9(6-4-8)11(14)16-2/h3-6,10H,1H2,2H3,(H,13,15). The normalized spacial score (nSPS) is 18.5. The van der Waals surface area contributed by atoms with Crippen molar-refractivity contribution in [3.8, 4) is 0 Å². The first-order valence-electron chi connectivity index (χ1n) is 4.97. The zero-order chi connectivity index (χ0) is 12.4. The van der Waals surface area contributed by atoms with Gasteiger partial charge in [-0.25, -0.2) is 9.59 Å². The molecular formula is C12H11NO4. The van der Waals surface area contributed by atoms with Crippen molar-refractivity contribution in [3.05, 3.63) is 47.7 Å². The van der Waals surface area contributed by atoms with Crippen LogP contribution in [0.3, 0.4) is 0 Å². The van der Waals surface area contributed by atoms with Crippen molar-refractivity contribution in [3.63, 3.8) is 0 Å². The molecule has 0 saturated carbocycles. The van der Waals surface area contributed by atoms with E-state index in [1.807, 2.05) is 0 Å². The number of ether oxygens (including phenoxy) is 2. The van der Waals surface area contributed by atoms with Gasteiger partial charge in [-0.1, -0.05) is 18.7 Å². The molecule has 5 heteroatoms. The Bertz CT molecular complexity index is 478. The third-order valence-electron chi connectivity index (χ3n) is 2.47. The van der Waals surface area contributed by atoms with Crippen molar-refractivity contribution in [1.29, 1.82) is 0 Å². The molecule has 1 heterocycles. The van der Waals surface area contributed by atoms with E-state index in [0.29, 0.717) is 11.3 Å². The van der Waals surface area contributed by atoms with Gasteiger partial charge in [-0.15, -0.1) is 0 Å². The Morgan fingerprint density at radius 2 is 2.06 bits per heavy atom. The fourth-order valence-electron chi connectivity index (χ4n) is 1.60. The highest BCUT2D eigenvalue weighted by Crippen LogP contribution is 2.26. The molecule has 1 saturated heterocycles. The zero-order valence-corrected chi connectivity index (χ0v) is 9.23. The molecule has 1 aliphatic heterocycles. The fraction of sp³-hybridized carbons (Fsp3) is 0.167. The van der Waals surface area contributed by atoms with Crippen LogP contribution in [0.15, 0.2) is 36.6 Å². The van der Waals surface area contributed by atoms with Gasteiger partial charge in [-0.05, 0) is 17.7 Å². The van der Waals surface area contributed by atoms with E-state index in [4.69, 9.17) is 4.74 Å². The predicted molar refractivity (Wildman–Crippen MR) is 59.3 cm³/mol. The van der Waals surface area contributed by atoms with Crippen LogP contribution < -0.4 is 5.32 Å². The fourth-order valence-corrected chi connectivity index (χ4v) is 1.60. The van der Waals surface area contributed by atoms with Crippen LogP contribution in [0.5, 0.6) is 0 Å². The van der Waals surface area contributed by atoms with Crippen molar-refractivity contribution in [2.75, 3.05) is 7.11 Å². The van der Waals surface area contributed by atoms with E-state index in [0.717, 1.165) is 5.56 Å². The molecule has 1 fully saturated rings. The molecule has 0 spiro atoms. The maximum absolute atomic E-state index is 11.2. The summed E-state index contributed by atoms with van der Waals surface area (Å²) in [6.07, 6.45) is -0.517. The van der Waals surface area contributed by atoms with Crippen molar-refractivity contribution >= 4 is 12.1 Å². The number of nitrogens with one attached hydrogen (secondary N) is 1. The van der Waals surface area contributed by atoms with Crippen molar-refractivity contribution in [2.24, 2.45) is 0 Å². The average Bonchev–Trinajstić information content (AvgIpc) is 2.68. The predicted octanol–water partition coefficient (Wildman–Crippen LogP) is 1.77. The number of benzene rings is 1. The Labute approximate surface area is 98.0 Å². The number of rotatable bonds is 2. The maximum Gasteiger partial charge on any atom is 0.413 e. The lowest BCUT2D eigenvalue weighted by Crippen LogP contribution is -2.17. The van der Waals surface area contributed by atoms with Crippen LogP contribution in [0.25, 0.3) is 0 Å². The monoisotopic (exact) mass is 233 g/mol. The molecule has 1 atom stereocenters. The molecule has 5 nitrogen and oxygen atoms in total. The average molecular weight is 233 g/mol. The number of carbonyl (C=O) groups excluding carboxylic acids is 2. The van der Waals surface area contributed by atoms with Gasteiger partial charge in [0.05, 0.1) is 12.7 Å². The van der Waals surface area contributed by atoms with Gasteiger partial charge in [0.1, 0.15) is 11.8 Å². The molecule has 2 rings (SSSR count). The van der Waals surface area contributed by atoms with Gasteiger partial charge in [-0.2, -0.15) is 0 Å². The largest absolute Gasteiger partial charge is 0.465 e. The molecule has 1 aromatic carbocycles. The number of hydrogen-bond acceptors (Lipinski definition) is 4. The number of esters is 1. The van der Waals surface area contributed by atoms with Crippen molar-refractivity contribution in [1.82, 2.24) is 5.32 Å². The summed E-state index contributed by atoms with van der Waals surface area (Å²) in [6.45, 7) is 3.64.